The number of benzene rings is 1. The molecule has 0 saturated heterocycles. The van der Waals surface area contributed by atoms with Gasteiger partial charge in [-0.3, -0.25) is 4.79 Å². The topological polar surface area (TPSA) is 81.9 Å². The fourth-order valence-electron chi connectivity index (χ4n) is 3.27. The first kappa shape index (κ1) is 16.7. The van der Waals surface area contributed by atoms with Gasteiger partial charge >= 0.3 is 0 Å². The van der Waals surface area contributed by atoms with Crippen LogP contribution in [-0.4, -0.2) is 33.0 Å². The Hall–Kier alpha value is -2.74. The summed E-state index contributed by atoms with van der Waals surface area (Å²) in [7, 11) is 1.53. The van der Waals surface area contributed by atoms with Gasteiger partial charge in [-0.15, -0.1) is 10.2 Å². The van der Waals surface area contributed by atoms with Gasteiger partial charge < -0.3 is 10.1 Å². The molecular weight excluding hydrogens is 398 g/mol. The second-order valence-corrected chi connectivity index (χ2v) is 6.87. The summed E-state index contributed by atoms with van der Waals surface area (Å²) in [5.74, 6) is 1.44. The van der Waals surface area contributed by atoms with Crippen LogP contribution in [0.5, 0.6) is 5.88 Å². The van der Waals surface area contributed by atoms with Crippen molar-refractivity contribution in [2.24, 2.45) is 0 Å². The maximum Gasteiger partial charge on any atom is 0.233 e. The number of aryl methyl sites for hydroxylation is 1. The highest BCUT2D eigenvalue weighted by Crippen LogP contribution is 2.42. The summed E-state index contributed by atoms with van der Waals surface area (Å²) < 4.78 is 7.65. The van der Waals surface area contributed by atoms with Crippen LogP contribution < -0.4 is 10.1 Å². The molecule has 7 nitrogen and oxygen atoms in total. The molecule has 1 N–H and O–H groups in total. The number of halogens is 1. The lowest BCUT2D eigenvalue weighted by atomic mass is 9.86. The highest BCUT2D eigenvalue weighted by Gasteiger charge is 2.33. The molecule has 1 amide bonds. The minimum absolute atomic E-state index is 0.0547. The highest BCUT2D eigenvalue weighted by atomic mass is 79.9. The molecule has 2 aromatic heterocycles. The molecule has 0 spiro atoms. The number of aromatic nitrogens is 4. The van der Waals surface area contributed by atoms with Gasteiger partial charge in [0.25, 0.3) is 0 Å². The van der Waals surface area contributed by atoms with Crippen molar-refractivity contribution in [2.75, 3.05) is 12.4 Å². The number of methoxy groups -OCH3 is 1. The molecule has 0 bridgehead atoms. The monoisotopic (exact) mass is 413 g/mol. The summed E-state index contributed by atoms with van der Waals surface area (Å²) in [6.07, 6.45) is 0.371. The summed E-state index contributed by atoms with van der Waals surface area (Å²) in [4.78, 5) is 12.4. The number of rotatable bonds is 3. The Balaban J connectivity index is 1.86. The maximum atomic E-state index is 12.4. The average molecular weight is 414 g/mol. The molecule has 0 fully saturated rings. The molecule has 0 radical (unpaired) electrons. The van der Waals surface area contributed by atoms with Crippen molar-refractivity contribution in [3.63, 3.8) is 0 Å². The molecule has 26 heavy (non-hydrogen) atoms. The number of hydrogen-bond donors (Lipinski definition) is 1. The molecule has 132 valence electrons. The second kappa shape index (κ2) is 6.53. The quantitative estimate of drug-likeness (QED) is 0.712. The molecule has 1 aliphatic rings. The first-order valence-corrected chi connectivity index (χ1v) is 8.89. The van der Waals surface area contributed by atoms with Crippen molar-refractivity contribution in [1.82, 2.24) is 20.0 Å². The van der Waals surface area contributed by atoms with E-state index in [4.69, 9.17) is 4.74 Å². The van der Waals surface area contributed by atoms with Crippen molar-refractivity contribution < 1.29 is 9.53 Å². The Bertz CT molecular complexity index is 984. The molecule has 8 heteroatoms. The highest BCUT2D eigenvalue weighted by molar-refractivity contribution is 9.10. The van der Waals surface area contributed by atoms with E-state index in [0.29, 0.717) is 23.9 Å². The van der Waals surface area contributed by atoms with E-state index in [0.717, 1.165) is 21.3 Å². The fraction of sp³-hybridized carbons (Fsp3) is 0.222. The van der Waals surface area contributed by atoms with Crippen LogP contribution >= 0.6 is 15.9 Å². The standard InChI is InChI=1S/C18H16BrN5O2/c1-10-17-12(11-5-3-4-6-13(11)19)9-15(25)20-18(17)24(23-10)14-7-8-16(26-2)22-21-14/h3-8,12H,9H2,1-2H3,(H,20,25). The third kappa shape index (κ3) is 2.76. The van der Waals surface area contributed by atoms with E-state index >= 15 is 0 Å². The average Bonchev–Trinajstić information content (AvgIpc) is 2.98. The molecule has 0 saturated carbocycles. The van der Waals surface area contributed by atoms with Crippen LogP contribution in [0.15, 0.2) is 40.9 Å². The lowest BCUT2D eigenvalue weighted by Crippen LogP contribution is -2.25. The summed E-state index contributed by atoms with van der Waals surface area (Å²) in [5.41, 5.74) is 2.90. The number of carbonyl (C=O) groups is 1. The van der Waals surface area contributed by atoms with E-state index in [1.54, 1.807) is 16.8 Å². The van der Waals surface area contributed by atoms with Gasteiger partial charge in [0.2, 0.25) is 11.8 Å². The van der Waals surface area contributed by atoms with Gasteiger partial charge in [-0.05, 0) is 24.6 Å². The number of hydrogen-bond acceptors (Lipinski definition) is 5. The van der Waals surface area contributed by atoms with E-state index in [9.17, 15) is 4.79 Å². The van der Waals surface area contributed by atoms with Crippen LogP contribution in [0, 0.1) is 6.92 Å². The Kier molecular flexibility index (Phi) is 4.20. The minimum Gasteiger partial charge on any atom is -0.480 e. The van der Waals surface area contributed by atoms with Crippen LogP contribution in [0.1, 0.15) is 29.2 Å². The molecule has 3 heterocycles. The molecule has 1 atom stereocenters. The zero-order chi connectivity index (χ0) is 18.3. The van der Waals surface area contributed by atoms with Crippen LogP contribution in [-0.2, 0) is 4.79 Å². The van der Waals surface area contributed by atoms with E-state index in [1.165, 1.54) is 7.11 Å². The lowest BCUT2D eigenvalue weighted by molar-refractivity contribution is -0.116. The van der Waals surface area contributed by atoms with Gasteiger partial charge in [-0.1, -0.05) is 34.1 Å². The number of amides is 1. The van der Waals surface area contributed by atoms with Gasteiger partial charge in [-0.25, -0.2) is 0 Å². The number of fused-ring (bicyclic) bond motifs is 1. The van der Waals surface area contributed by atoms with Gasteiger partial charge in [-0.2, -0.15) is 9.78 Å². The first-order valence-electron chi connectivity index (χ1n) is 8.10. The van der Waals surface area contributed by atoms with Crippen LogP contribution in [0.25, 0.3) is 5.82 Å². The molecule has 1 aromatic carbocycles. The van der Waals surface area contributed by atoms with E-state index in [-0.39, 0.29) is 11.8 Å². The van der Waals surface area contributed by atoms with Crippen LogP contribution in [0.2, 0.25) is 0 Å². The van der Waals surface area contributed by atoms with Crippen molar-refractivity contribution in [3.05, 3.63) is 57.7 Å². The largest absolute Gasteiger partial charge is 0.480 e. The smallest absolute Gasteiger partial charge is 0.233 e. The molecule has 1 unspecified atom stereocenters. The zero-order valence-corrected chi connectivity index (χ0v) is 15.8. The van der Waals surface area contributed by atoms with Gasteiger partial charge in [0.1, 0.15) is 5.82 Å². The first-order chi connectivity index (χ1) is 12.6. The van der Waals surface area contributed by atoms with Crippen molar-refractivity contribution >= 4 is 27.7 Å². The van der Waals surface area contributed by atoms with E-state index in [1.807, 2.05) is 31.2 Å². The summed E-state index contributed by atoms with van der Waals surface area (Å²) >= 11 is 3.60. The van der Waals surface area contributed by atoms with Crippen LogP contribution in [0.4, 0.5) is 5.82 Å². The third-order valence-corrected chi connectivity index (χ3v) is 5.16. The van der Waals surface area contributed by atoms with Gasteiger partial charge in [0, 0.05) is 28.4 Å². The van der Waals surface area contributed by atoms with E-state index in [2.05, 4.69) is 36.5 Å². The molecule has 1 aliphatic heterocycles. The second-order valence-electron chi connectivity index (χ2n) is 6.02. The summed E-state index contributed by atoms with van der Waals surface area (Å²) in [6, 6.07) is 11.4. The lowest BCUT2D eigenvalue weighted by Gasteiger charge is -2.25. The Morgan fingerprint density at radius 3 is 2.73 bits per heavy atom. The molecule has 3 aromatic rings. The van der Waals surface area contributed by atoms with Crippen LogP contribution in [0.3, 0.4) is 0 Å². The summed E-state index contributed by atoms with van der Waals surface area (Å²) in [5, 5.41) is 15.7. The molecule has 0 aliphatic carbocycles. The normalized spacial score (nSPS) is 16.1. The molecule has 4 rings (SSSR count). The molecular formula is C18H16BrN5O2. The number of ether oxygens (including phenoxy) is 1. The van der Waals surface area contributed by atoms with Gasteiger partial charge in [0.05, 0.1) is 12.8 Å². The van der Waals surface area contributed by atoms with Crippen molar-refractivity contribution in [3.8, 4) is 11.7 Å². The summed E-state index contributed by atoms with van der Waals surface area (Å²) in [6.45, 7) is 1.94. The van der Waals surface area contributed by atoms with E-state index < -0.39 is 0 Å². The predicted molar refractivity (Wildman–Crippen MR) is 99.7 cm³/mol. The number of nitrogens with one attached hydrogen (secondary N) is 1. The third-order valence-electron chi connectivity index (χ3n) is 4.44. The Labute approximate surface area is 158 Å². The minimum atomic E-state index is -0.0747. The van der Waals surface area contributed by atoms with Crippen molar-refractivity contribution in [1.29, 1.82) is 0 Å². The number of anilines is 1. The van der Waals surface area contributed by atoms with Crippen molar-refractivity contribution in [2.45, 2.75) is 19.3 Å². The zero-order valence-electron chi connectivity index (χ0n) is 14.2. The van der Waals surface area contributed by atoms with Gasteiger partial charge in [0.15, 0.2) is 5.82 Å². The SMILES string of the molecule is COc1ccc(-n2nc(C)c3c2NC(=O)CC3c2ccccc2Br)nn1. The number of nitrogens with zero attached hydrogens (tertiary/aromatic N) is 4. The Morgan fingerprint density at radius 2 is 2.04 bits per heavy atom. The maximum absolute atomic E-state index is 12.4. The Morgan fingerprint density at radius 1 is 1.23 bits per heavy atom. The predicted octanol–water partition coefficient (Wildman–Crippen LogP) is 3.22. The fourth-order valence-corrected chi connectivity index (χ4v) is 3.83. The number of carbonyl (C=O) groups excluding carboxylic acids is 1.